The third-order valence-corrected chi connectivity index (χ3v) is 6.25. The molecule has 0 spiro atoms. The number of hydrogen-bond acceptors (Lipinski definition) is 4. The fraction of sp³-hybridized carbons (Fsp3) is 0.318. The van der Waals surface area contributed by atoms with E-state index in [0.29, 0.717) is 13.1 Å². The quantitative estimate of drug-likeness (QED) is 0.661. The van der Waals surface area contributed by atoms with Crippen molar-refractivity contribution in [1.29, 1.82) is 0 Å². The molecule has 2 heterocycles. The second kappa shape index (κ2) is 7.72. The number of benzene rings is 2. The van der Waals surface area contributed by atoms with Crippen LogP contribution in [0.25, 0.3) is 10.2 Å². The van der Waals surface area contributed by atoms with Gasteiger partial charge in [0, 0.05) is 25.7 Å². The maximum absolute atomic E-state index is 13.0. The Morgan fingerprint density at radius 3 is 2.75 bits per heavy atom. The van der Waals surface area contributed by atoms with E-state index in [9.17, 15) is 9.59 Å². The summed E-state index contributed by atoms with van der Waals surface area (Å²) in [4.78, 5) is 33.6. The van der Waals surface area contributed by atoms with Crippen molar-refractivity contribution in [1.82, 2.24) is 9.88 Å². The maximum atomic E-state index is 13.0. The number of aryl methyl sites for hydroxylation is 1. The molecule has 1 aromatic heterocycles. The van der Waals surface area contributed by atoms with Crippen molar-refractivity contribution in [3.05, 3.63) is 59.1 Å². The van der Waals surface area contributed by atoms with Crippen molar-refractivity contribution in [2.45, 2.75) is 26.3 Å². The van der Waals surface area contributed by atoms with Gasteiger partial charge in [-0.2, -0.15) is 0 Å². The number of thiazole rings is 1. The normalized spacial score (nSPS) is 16.7. The molecule has 1 aliphatic heterocycles. The lowest BCUT2D eigenvalue weighted by Gasteiger charge is -2.22. The molecule has 0 radical (unpaired) electrons. The van der Waals surface area contributed by atoms with Crippen LogP contribution in [0.2, 0.25) is 0 Å². The number of carbonyl (C=O) groups is 2. The zero-order chi connectivity index (χ0) is 19.7. The summed E-state index contributed by atoms with van der Waals surface area (Å²) in [6, 6.07) is 15.9. The highest BCUT2D eigenvalue weighted by molar-refractivity contribution is 7.18. The summed E-state index contributed by atoms with van der Waals surface area (Å²) in [5.41, 5.74) is 3.02. The molecule has 0 bridgehead atoms. The monoisotopic (exact) mass is 393 g/mol. The van der Waals surface area contributed by atoms with Gasteiger partial charge in [-0.25, -0.2) is 4.98 Å². The van der Waals surface area contributed by atoms with Crippen LogP contribution in [0.5, 0.6) is 0 Å². The third kappa shape index (κ3) is 3.52. The Hall–Kier alpha value is -2.73. The van der Waals surface area contributed by atoms with E-state index < -0.39 is 0 Å². The zero-order valence-electron chi connectivity index (χ0n) is 16.1. The van der Waals surface area contributed by atoms with Gasteiger partial charge in [0.2, 0.25) is 11.8 Å². The Morgan fingerprint density at radius 2 is 1.96 bits per heavy atom. The third-order valence-electron chi connectivity index (χ3n) is 5.22. The molecule has 1 aliphatic rings. The van der Waals surface area contributed by atoms with Gasteiger partial charge < -0.3 is 9.80 Å². The molecule has 6 heteroatoms. The van der Waals surface area contributed by atoms with E-state index in [2.05, 4.69) is 11.9 Å². The molecular weight excluding hydrogens is 370 g/mol. The molecule has 0 N–H and O–H groups in total. The van der Waals surface area contributed by atoms with Crippen LogP contribution in [-0.4, -0.2) is 35.3 Å². The minimum atomic E-state index is -0.309. The fourth-order valence-corrected chi connectivity index (χ4v) is 4.78. The van der Waals surface area contributed by atoms with Crippen LogP contribution in [0.4, 0.5) is 5.69 Å². The summed E-state index contributed by atoms with van der Waals surface area (Å²) >= 11 is 1.61. The van der Waals surface area contributed by atoms with E-state index in [1.807, 2.05) is 48.5 Å². The fourth-order valence-electron chi connectivity index (χ4n) is 3.76. The molecule has 4 rings (SSSR count). The van der Waals surface area contributed by atoms with Gasteiger partial charge in [-0.3, -0.25) is 9.59 Å². The van der Waals surface area contributed by atoms with Gasteiger partial charge in [0.05, 0.1) is 22.7 Å². The number of hydrogen-bond donors (Lipinski definition) is 0. The molecule has 0 unspecified atom stereocenters. The number of fused-ring (bicyclic) bond motifs is 1. The van der Waals surface area contributed by atoms with Crippen LogP contribution in [0.1, 0.15) is 23.9 Å². The summed E-state index contributed by atoms with van der Waals surface area (Å²) < 4.78 is 1.12. The molecule has 28 heavy (non-hydrogen) atoms. The van der Waals surface area contributed by atoms with Crippen molar-refractivity contribution >= 4 is 39.1 Å². The summed E-state index contributed by atoms with van der Waals surface area (Å²) in [6.07, 6.45) is 1.12. The lowest BCUT2D eigenvalue weighted by Crippen LogP contribution is -2.34. The Bertz CT molecular complexity index is 996. The minimum absolute atomic E-state index is 0.00378. The van der Waals surface area contributed by atoms with Crippen LogP contribution >= 0.6 is 11.3 Å². The molecule has 0 saturated carbocycles. The predicted molar refractivity (Wildman–Crippen MR) is 112 cm³/mol. The Balaban J connectivity index is 1.46. The molecule has 144 valence electrons. The van der Waals surface area contributed by atoms with Crippen LogP contribution < -0.4 is 4.90 Å². The maximum Gasteiger partial charge on any atom is 0.228 e. The highest BCUT2D eigenvalue weighted by atomic mass is 32.1. The van der Waals surface area contributed by atoms with Crippen molar-refractivity contribution in [2.24, 2.45) is 5.92 Å². The van der Waals surface area contributed by atoms with Gasteiger partial charge in [0.25, 0.3) is 0 Å². The lowest BCUT2D eigenvalue weighted by molar-refractivity contribution is -0.135. The molecule has 2 amide bonds. The van der Waals surface area contributed by atoms with Crippen molar-refractivity contribution in [3.63, 3.8) is 0 Å². The van der Waals surface area contributed by atoms with E-state index in [1.54, 1.807) is 28.2 Å². The number of aromatic nitrogens is 1. The van der Waals surface area contributed by atoms with Crippen LogP contribution in [0.15, 0.2) is 48.5 Å². The first kappa shape index (κ1) is 18.6. The minimum Gasteiger partial charge on any atom is -0.339 e. The van der Waals surface area contributed by atoms with Gasteiger partial charge in [0.1, 0.15) is 5.01 Å². The zero-order valence-corrected chi connectivity index (χ0v) is 16.9. The first-order chi connectivity index (χ1) is 13.6. The van der Waals surface area contributed by atoms with E-state index in [0.717, 1.165) is 32.9 Å². The lowest BCUT2D eigenvalue weighted by atomic mass is 10.1. The van der Waals surface area contributed by atoms with Gasteiger partial charge in [0.15, 0.2) is 0 Å². The van der Waals surface area contributed by atoms with Crippen LogP contribution in [0, 0.1) is 5.92 Å². The van der Waals surface area contributed by atoms with Crippen LogP contribution in [-0.2, 0) is 22.6 Å². The second-order valence-electron chi connectivity index (χ2n) is 7.16. The SMILES string of the molecule is CCc1ccccc1N1C[C@H](C(=O)N(C)Cc2nc3ccccc3s2)CC1=O. The highest BCUT2D eigenvalue weighted by Crippen LogP contribution is 2.30. The van der Waals surface area contributed by atoms with Gasteiger partial charge in [-0.1, -0.05) is 37.3 Å². The first-order valence-electron chi connectivity index (χ1n) is 9.54. The van der Waals surface area contributed by atoms with E-state index in [4.69, 9.17) is 0 Å². The highest BCUT2D eigenvalue weighted by Gasteiger charge is 2.37. The number of rotatable bonds is 5. The average Bonchev–Trinajstić information content (AvgIpc) is 3.29. The Kier molecular flexibility index (Phi) is 5.13. The predicted octanol–water partition coefficient (Wildman–Crippen LogP) is 3.87. The molecule has 2 aromatic carbocycles. The molecule has 1 fully saturated rings. The van der Waals surface area contributed by atoms with Gasteiger partial charge in [-0.15, -0.1) is 11.3 Å². The second-order valence-corrected chi connectivity index (χ2v) is 8.27. The molecule has 1 atom stereocenters. The van der Waals surface area contributed by atoms with E-state index in [-0.39, 0.29) is 24.2 Å². The number of nitrogens with zero attached hydrogens (tertiary/aromatic N) is 3. The Labute approximate surface area is 168 Å². The van der Waals surface area contributed by atoms with Gasteiger partial charge in [-0.05, 0) is 30.2 Å². The van der Waals surface area contributed by atoms with E-state index >= 15 is 0 Å². The number of amides is 2. The van der Waals surface area contributed by atoms with Crippen molar-refractivity contribution < 1.29 is 9.59 Å². The molecule has 1 saturated heterocycles. The summed E-state index contributed by atoms with van der Waals surface area (Å²) in [5.74, 6) is -0.284. The molecule has 3 aromatic rings. The largest absolute Gasteiger partial charge is 0.339 e. The first-order valence-corrected chi connectivity index (χ1v) is 10.4. The molecular formula is C22H23N3O2S. The standard InChI is InChI=1S/C22H23N3O2S/c1-3-15-8-4-6-10-18(15)25-13-16(12-21(25)26)22(27)24(2)14-20-23-17-9-5-7-11-19(17)28-20/h4-11,16H,3,12-14H2,1-2H3/t16-/m1/s1. The number of anilines is 1. The number of carbonyl (C=O) groups excluding carboxylic acids is 2. The summed E-state index contributed by atoms with van der Waals surface area (Å²) in [5, 5.41) is 0.912. The van der Waals surface area contributed by atoms with Crippen molar-refractivity contribution in [3.8, 4) is 0 Å². The Morgan fingerprint density at radius 1 is 1.21 bits per heavy atom. The van der Waals surface area contributed by atoms with Crippen LogP contribution in [0.3, 0.4) is 0 Å². The molecule has 0 aliphatic carbocycles. The topological polar surface area (TPSA) is 53.5 Å². The van der Waals surface area contributed by atoms with E-state index in [1.165, 1.54) is 0 Å². The summed E-state index contributed by atoms with van der Waals surface area (Å²) in [6.45, 7) is 2.99. The number of para-hydroxylation sites is 2. The van der Waals surface area contributed by atoms with Crippen molar-refractivity contribution in [2.75, 3.05) is 18.5 Å². The average molecular weight is 394 g/mol. The summed E-state index contributed by atoms with van der Waals surface area (Å²) in [7, 11) is 1.79. The molecule has 5 nitrogen and oxygen atoms in total. The smallest absolute Gasteiger partial charge is 0.228 e. The van der Waals surface area contributed by atoms with Gasteiger partial charge >= 0.3 is 0 Å².